The predicted octanol–water partition coefficient (Wildman–Crippen LogP) is 2.93. The smallest absolute Gasteiger partial charge is 0.124 e. The van der Waals surface area contributed by atoms with Gasteiger partial charge in [-0.15, -0.1) is 0 Å². The van der Waals surface area contributed by atoms with Gasteiger partial charge in [-0.3, -0.25) is 0 Å². The minimum atomic E-state index is -0.302. The van der Waals surface area contributed by atoms with Crippen LogP contribution in [-0.4, -0.2) is 16.9 Å². The average Bonchev–Trinajstić information content (AvgIpc) is 3.04. The third-order valence-corrected chi connectivity index (χ3v) is 3.47. The molecule has 3 rings (SSSR count). The molecule has 4 nitrogen and oxygen atoms in total. The molecule has 2 aromatic carbocycles. The number of nitrogens with two attached hydrogens (primary N) is 1. The molecule has 3 aromatic rings. The Balaban J connectivity index is 2.04. The highest BCUT2D eigenvalue weighted by Gasteiger charge is 2.18. The van der Waals surface area contributed by atoms with Crippen molar-refractivity contribution in [1.29, 1.82) is 0 Å². The van der Waals surface area contributed by atoms with E-state index >= 15 is 0 Å². The lowest BCUT2D eigenvalue weighted by atomic mass is 10.0. The fraction of sp³-hybridized carbons (Fsp3) is 0.118. The zero-order valence-electron chi connectivity index (χ0n) is 11.8. The van der Waals surface area contributed by atoms with Crippen LogP contribution in [0.3, 0.4) is 0 Å². The second-order valence-electron chi connectivity index (χ2n) is 4.72. The molecule has 21 heavy (non-hydrogen) atoms. The Morgan fingerprint density at radius 1 is 1.00 bits per heavy atom. The van der Waals surface area contributed by atoms with Crippen LogP contribution in [0.25, 0.3) is 5.69 Å². The SMILES string of the molecule is COc1ccccc1C(N)c1ccnn1-c1ccccc1. The molecule has 0 aliphatic heterocycles. The van der Waals surface area contributed by atoms with Crippen LogP contribution in [-0.2, 0) is 0 Å². The van der Waals surface area contributed by atoms with Gasteiger partial charge < -0.3 is 10.5 Å². The Bertz CT molecular complexity index is 722. The summed E-state index contributed by atoms with van der Waals surface area (Å²) in [6.07, 6.45) is 1.76. The number of methoxy groups -OCH3 is 1. The van der Waals surface area contributed by atoms with Crippen molar-refractivity contribution in [3.63, 3.8) is 0 Å². The van der Waals surface area contributed by atoms with Gasteiger partial charge in [0, 0.05) is 11.8 Å². The summed E-state index contributed by atoms with van der Waals surface area (Å²) in [4.78, 5) is 0. The second kappa shape index (κ2) is 5.81. The van der Waals surface area contributed by atoms with Gasteiger partial charge in [-0.2, -0.15) is 5.10 Å². The standard InChI is InChI=1S/C17H17N3O/c1-21-16-10-6-5-9-14(16)17(18)15-11-12-19-20(15)13-7-3-2-4-8-13/h2-12,17H,18H2,1H3. The largest absolute Gasteiger partial charge is 0.496 e. The molecule has 0 bridgehead atoms. The van der Waals surface area contributed by atoms with Crippen molar-refractivity contribution >= 4 is 0 Å². The summed E-state index contributed by atoms with van der Waals surface area (Å²) in [6.45, 7) is 0. The molecule has 1 atom stereocenters. The van der Waals surface area contributed by atoms with E-state index in [2.05, 4.69) is 5.10 Å². The first-order valence-corrected chi connectivity index (χ1v) is 6.79. The number of aromatic nitrogens is 2. The van der Waals surface area contributed by atoms with Crippen LogP contribution in [0.5, 0.6) is 5.75 Å². The van der Waals surface area contributed by atoms with E-state index in [0.717, 1.165) is 22.7 Å². The van der Waals surface area contributed by atoms with Gasteiger partial charge in [-0.25, -0.2) is 4.68 Å². The van der Waals surface area contributed by atoms with Crippen molar-refractivity contribution in [3.05, 3.63) is 78.1 Å². The van der Waals surface area contributed by atoms with Gasteiger partial charge in [-0.05, 0) is 24.3 Å². The van der Waals surface area contributed by atoms with Gasteiger partial charge in [0.1, 0.15) is 5.75 Å². The van der Waals surface area contributed by atoms with E-state index in [1.807, 2.05) is 65.3 Å². The quantitative estimate of drug-likeness (QED) is 0.799. The van der Waals surface area contributed by atoms with Crippen molar-refractivity contribution in [2.75, 3.05) is 7.11 Å². The van der Waals surface area contributed by atoms with Gasteiger partial charge in [0.05, 0.1) is 24.5 Å². The topological polar surface area (TPSA) is 53.1 Å². The summed E-state index contributed by atoms with van der Waals surface area (Å²) in [5.74, 6) is 0.783. The second-order valence-corrected chi connectivity index (χ2v) is 4.72. The normalized spacial score (nSPS) is 12.1. The van der Waals surface area contributed by atoms with Gasteiger partial charge in [0.2, 0.25) is 0 Å². The molecule has 0 saturated carbocycles. The van der Waals surface area contributed by atoms with Crippen LogP contribution >= 0.6 is 0 Å². The lowest BCUT2D eigenvalue weighted by Gasteiger charge is -2.17. The molecular formula is C17H17N3O. The maximum Gasteiger partial charge on any atom is 0.124 e. The Hall–Kier alpha value is -2.59. The molecule has 0 saturated heterocycles. The molecule has 1 aromatic heterocycles. The Kier molecular flexibility index (Phi) is 3.71. The van der Waals surface area contributed by atoms with E-state index in [0.29, 0.717) is 0 Å². The molecule has 0 aliphatic rings. The fourth-order valence-electron chi connectivity index (χ4n) is 2.42. The van der Waals surface area contributed by atoms with Crippen LogP contribution in [0.1, 0.15) is 17.3 Å². The number of rotatable bonds is 4. The lowest BCUT2D eigenvalue weighted by Crippen LogP contribution is -2.17. The molecule has 0 aliphatic carbocycles. The number of hydrogen-bond donors (Lipinski definition) is 1. The minimum Gasteiger partial charge on any atom is -0.496 e. The van der Waals surface area contributed by atoms with E-state index in [-0.39, 0.29) is 6.04 Å². The number of hydrogen-bond acceptors (Lipinski definition) is 3. The molecule has 1 heterocycles. The third-order valence-electron chi connectivity index (χ3n) is 3.47. The average molecular weight is 279 g/mol. The number of nitrogens with zero attached hydrogens (tertiary/aromatic N) is 2. The predicted molar refractivity (Wildman–Crippen MR) is 82.6 cm³/mol. The van der Waals surface area contributed by atoms with E-state index in [1.165, 1.54) is 0 Å². The monoisotopic (exact) mass is 279 g/mol. The summed E-state index contributed by atoms with van der Waals surface area (Å²) in [6, 6.07) is 19.4. The number of benzene rings is 2. The van der Waals surface area contributed by atoms with Crippen molar-refractivity contribution in [2.45, 2.75) is 6.04 Å². The maximum atomic E-state index is 6.43. The van der Waals surface area contributed by atoms with Crippen LogP contribution in [0.4, 0.5) is 0 Å². The third kappa shape index (κ3) is 2.53. The summed E-state index contributed by atoms with van der Waals surface area (Å²) < 4.78 is 7.26. The first-order chi connectivity index (χ1) is 10.3. The van der Waals surface area contributed by atoms with Crippen molar-refractivity contribution < 1.29 is 4.74 Å². The Morgan fingerprint density at radius 2 is 1.71 bits per heavy atom. The van der Waals surface area contributed by atoms with Crippen LogP contribution in [0.15, 0.2) is 66.9 Å². The van der Waals surface area contributed by atoms with Crippen LogP contribution < -0.4 is 10.5 Å². The zero-order chi connectivity index (χ0) is 14.7. The molecule has 2 N–H and O–H groups in total. The molecular weight excluding hydrogens is 262 g/mol. The fourth-order valence-corrected chi connectivity index (χ4v) is 2.42. The molecule has 0 radical (unpaired) electrons. The lowest BCUT2D eigenvalue weighted by molar-refractivity contribution is 0.407. The molecule has 106 valence electrons. The Morgan fingerprint density at radius 3 is 2.48 bits per heavy atom. The summed E-state index contributed by atoms with van der Waals surface area (Å²) >= 11 is 0. The van der Waals surface area contributed by atoms with Crippen molar-refractivity contribution in [2.24, 2.45) is 5.73 Å². The molecule has 0 fully saturated rings. The number of ether oxygens (including phenoxy) is 1. The first-order valence-electron chi connectivity index (χ1n) is 6.79. The minimum absolute atomic E-state index is 0.302. The van der Waals surface area contributed by atoms with Gasteiger partial charge >= 0.3 is 0 Å². The maximum absolute atomic E-state index is 6.43. The van der Waals surface area contributed by atoms with Crippen LogP contribution in [0, 0.1) is 0 Å². The van der Waals surface area contributed by atoms with Crippen molar-refractivity contribution in [3.8, 4) is 11.4 Å². The molecule has 0 amide bonds. The van der Waals surface area contributed by atoms with Gasteiger partial charge in [-0.1, -0.05) is 36.4 Å². The van der Waals surface area contributed by atoms with Crippen molar-refractivity contribution in [1.82, 2.24) is 9.78 Å². The summed E-state index contributed by atoms with van der Waals surface area (Å²) in [5.41, 5.74) is 9.29. The molecule has 0 spiro atoms. The van der Waals surface area contributed by atoms with Crippen LogP contribution in [0.2, 0.25) is 0 Å². The number of para-hydroxylation sites is 2. The van der Waals surface area contributed by atoms with E-state index in [9.17, 15) is 0 Å². The summed E-state index contributed by atoms with van der Waals surface area (Å²) in [5, 5.41) is 4.38. The highest BCUT2D eigenvalue weighted by Crippen LogP contribution is 2.28. The highest BCUT2D eigenvalue weighted by molar-refractivity contribution is 5.42. The molecule has 4 heteroatoms. The zero-order valence-corrected chi connectivity index (χ0v) is 11.8. The van der Waals surface area contributed by atoms with Gasteiger partial charge in [0.15, 0.2) is 0 Å². The highest BCUT2D eigenvalue weighted by atomic mass is 16.5. The Labute approximate surface area is 123 Å². The van der Waals surface area contributed by atoms with E-state index in [4.69, 9.17) is 10.5 Å². The van der Waals surface area contributed by atoms with E-state index in [1.54, 1.807) is 13.3 Å². The summed E-state index contributed by atoms with van der Waals surface area (Å²) in [7, 11) is 1.65. The first kappa shape index (κ1) is 13.4. The van der Waals surface area contributed by atoms with Gasteiger partial charge in [0.25, 0.3) is 0 Å². The molecule has 1 unspecified atom stereocenters. The van der Waals surface area contributed by atoms with E-state index < -0.39 is 0 Å².